The van der Waals surface area contributed by atoms with Gasteiger partial charge in [-0.1, -0.05) is 26.7 Å². The van der Waals surface area contributed by atoms with Crippen LogP contribution < -0.4 is 11.3 Å². The first kappa shape index (κ1) is 13.2. The Labute approximate surface area is 109 Å². The largest absolute Gasteiger partial charge is 0.393 e. The molecule has 18 heavy (non-hydrogen) atoms. The average molecular weight is 251 g/mol. The molecule has 1 fully saturated rings. The standard InChI is InChI=1S/C14H25N3O/c1-10(2)8-9-17-14(18)12(15)13(16(17)3)11-6-4-5-7-11/h10-11H,4-9,15H2,1-3H3. The number of nitrogens with two attached hydrogens (primary N) is 1. The van der Waals surface area contributed by atoms with Gasteiger partial charge in [0.05, 0.1) is 5.69 Å². The van der Waals surface area contributed by atoms with E-state index in [1.165, 1.54) is 25.7 Å². The van der Waals surface area contributed by atoms with Gasteiger partial charge < -0.3 is 5.73 Å². The van der Waals surface area contributed by atoms with Crippen LogP contribution in [0.3, 0.4) is 0 Å². The number of hydrogen-bond acceptors (Lipinski definition) is 2. The lowest BCUT2D eigenvalue weighted by atomic mass is 10.0. The van der Waals surface area contributed by atoms with Crippen LogP contribution in [0, 0.1) is 5.92 Å². The van der Waals surface area contributed by atoms with Crippen molar-refractivity contribution in [3.05, 3.63) is 16.0 Å². The van der Waals surface area contributed by atoms with Gasteiger partial charge in [-0.15, -0.1) is 0 Å². The zero-order chi connectivity index (χ0) is 13.3. The van der Waals surface area contributed by atoms with E-state index in [1.807, 2.05) is 16.4 Å². The van der Waals surface area contributed by atoms with Gasteiger partial charge in [0.15, 0.2) is 0 Å². The number of nitrogen functional groups attached to an aromatic ring is 1. The Kier molecular flexibility index (Phi) is 3.83. The molecule has 4 nitrogen and oxygen atoms in total. The fraction of sp³-hybridized carbons (Fsp3) is 0.786. The normalized spacial score (nSPS) is 16.9. The Morgan fingerprint density at radius 3 is 2.50 bits per heavy atom. The second-order valence-electron chi connectivity index (χ2n) is 5.91. The van der Waals surface area contributed by atoms with Crippen molar-refractivity contribution >= 4 is 5.69 Å². The monoisotopic (exact) mass is 251 g/mol. The number of hydrogen-bond donors (Lipinski definition) is 1. The number of anilines is 1. The Morgan fingerprint density at radius 2 is 1.94 bits per heavy atom. The topological polar surface area (TPSA) is 52.9 Å². The van der Waals surface area contributed by atoms with E-state index in [0.717, 1.165) is 18.7 Å². The molecule has 0 saturated heterocycles. The molecule has 2 N–H and O–H groups in total. The van der Waals surface area contributed by atoms with Gasteiger partial charge in [-0.2, -0.15) is 0 Å². The second-order valence-corrected chi connectivity index (χ2v) is 5.91. The van der Waals surface area contributed by atoms with E-state index in [0.29, 0.717) is 17.5 Å². The number of aromatic nitrogens is 2. The third kappa shape index (κ3) is 2.33. The fourth-order valence-electron chi connectivity index (χ4n) is 3.00. The Hall–Kier alpha value is -1.19. The van der Waals surface area contributed by atoms with E-state index in [-0.39, 0.29) is 5.56 Å². The van der Waals surface area contributed by atoms with E-state index in [1.54, 1.807) is 0 Å². The molecule has 4 heteroatoms. The number of rotatable bonds is 4. The van der Waals surface area contributed by atoms with Crippen molar-refractivity contribution in [3.8, 4) is 0 Å². The van der Waals surface area contributed by atoms with Crippen LogP contribution in [0.4, 0.5) is 5.69 Å². The molecule has 1 aromatic rings. The van der Waals surface area contributed by atoms with Crippen molar-refractivity contribution in [1.82, 2.24) is 9.36 Å². The Morgan fingerprint density at radius 1 is 1.33 bits per heavy atom. The Balaban J connectivity index is 2.31. The summed E-state index contributed by atoms with van der Waals surface area (Å²) in [6.45, 7) is 5.12. The van der Waals surface area contributed by atoms with Crippen LogP contribution in [-0.2, 0) is 13.6 Å². The van der Waals surface area contributed by atoms with Gasteiger partial charge in [0, 0.05) is 19.5 Å². The predicted octanol–water partition coefficient (Wildman–Crippen LogP) is 2.47. The third-order valence-electron chi connectivity index (χ3n) is 4.11. The van der Waals surface area contributed by atoms with Crippen LogP contribution in [0.2, 0.25) is 0 Å². The van der Waals surface area contributed by atoms with Gasteiger partial charge >= 0.3 is 0 Å². The van der Waals surface area contributed by atoms with Crippen molar-refractivity contribution in [2.75, 3.05) is 5.73 Å². The van der Waals surface area contributed by atoms with Crippen LogP contribution in [0.1, 0.15) is 57.6 Å². The molecule has 0 aliphatic heterocycles. The van der Waals surface area contributed by atoms with E-state index in [4.69, 9.17) is 5.73 Å². The lowest BCUT2D eigenvalue weighted by molar-refractivity contribution is 0.417. The lowest BCUT2D eigenvalue weighted by Gasteiger charge is -2.14. The summed E-state index contributed by atoms with van der Waals surface area (Å²) in [5, 5.41) is 0. The first-order valence-corrected chi connectivity index (χ1v) is 7.07. The average Bonchev–Trinajstić information content (AvgIpc) is 2.87. The van der Waals surface area contributed by atoms with Crippen LogP contribution in [0.15, 0.2) is 4.79 Å². The van der Waals surface area contributed by atoms with E-state index in [2.05, 4.69) is 13.8 Å². The zero-order valence-corrected chi connectivity index (χ0v) is 11.8. The molecule has 0 aromatic carbocycles. The molecule has 0 amide bonds. The summed E-state index contributed by atoms with van der Waals surface area (Å²) in [6.07, 6.45) is 5.88. The molecule has 2 rings (SSSR count). The maximum Gasteiger partial charge on any atom is 0.290 e. The third-order valence-corrected chi connectivity index (χ3v) is 4.11. The highest BCUT2D eigenvalue weighted by molar-refractivity contribution is 5.44. The highest BCUT2D eigenvalue weighted by Gasteiger charge is 2.25. The summed E-state index contributed by atoms with van der Waals surface area (Å²) >= 11 is 0. The molecule has 1 aromatic heterocycles. The van der Waals surface area contributed by atoms with Gasteiger partial charge in [0.25, 0.3) is 5.56 Å². The molecule has 1 heterocycles. The summed E-state index contributed by atoms with van der Waals surface area (Å²) in [5.41, 5.74) is 7.59. The maximum atomic E-state index is 12.2. The lowest BCUT2D eigenvalue weighted by Crippen LogP contribution is -2.23. The molecule has 0 atom stereocenters. The SMILES string of the molecule is CC(C)CCn1c(=O)c(N)c(C2CCCC2)n1C. The molecule has 0 radical (unpaired) electrons. The Bertz CT molecular complexity index is 464. The molecule has 0 bridgehead atoms. The molecular formula is C14H25N3O. The molecule has 0 spiro atoms. The van der Waals surface area contributed by atoms with E-state index >= 15 is 0 Å². The minimum Gasteiger partial charge on any atom is -0.393 e. The summed E-state index contributed by atoms with van der Waals surface area (Å²) in [4.78, 5) is 12.2. The maximum absolute atomic E-state index is 12.2. The van der Waals surface area contributed by atoms with Gasteiger partial charge in [-0.25, -0.2) is 4.68 Å². The highest BCUT2D eigenvalue weighted by Crippen LogP contribution is 2.35. The summed E-state index contributed by atoms with van der Waals surface area (Å²) in [7, 11) is 1.98. The van der Waals surface area contributed by atoms with E-state index in [9.17, 15) is 4.79 Å². The van der Waals surface area contributed by atoms with Crippen LogP contribution in [-0.4, -0.2) is 9.36 Å². The quantitative estimate of drug-likeness (QED) is 0.893. The van der Waals surface area contributed by atoms with Crippen molar-refractivity contribution in [2.45, 2.75) is 58.4 Å². The van der Waals surface area contributed by atoms with Gasteiger partial charge in [0.2, 0.25) is 0 Å². The van der Waals surface area contributed by atoms with Gasteiger partial charge in [-0.05, 0) is 25.2 Å². The van der Waals surface area contributed by atoms with Crippen molar-refractivity contribution < 1.29 is 0 Å². The smallest absolute Gasteiger partial charge is 0.290 e. The molecule has 1 aliphatic rings. The summed E-state index contributed by atoms with van der Waals surface area (Å²) < 4.78 is 3.82. The van der Waals surface area contributed by atoms with Crippen molar-refractivity contribution in [1.29, 1.82) is 0 Å². The minimum atomic E-state index is 0.0000463. The summed E-state index contributed by atoms with van der Waals surface area (Å²) in [6, 6.07) is 0. The van der Waals surface area contributed by atoms with Crippen LogP contribution in [0.25, 0.3) is 0 Å². The van der Waals surface area contributed by atoms with Crippen LogP contribution in [0.5, 0.6) is 0 Å². The molecule has 102 valence electrons. The summed E-state index contributed by atoms with van der Waals surface area (Å²) in [5.74, 6) is 1.09. The molecule has 1 saturated carbocycles. The van der Waals surface area contributed by atoms with E-state index < -0.39 is 0 Å². The second kappa shape index (κ2) is 5.21. The zero-order valence-electron chi connectivity index (χ0n) is 11.8. The first-order valence-electron chi connectivity index (χ1n) is 7.07. The van der Waals surface area contributed by atoms with Gasteiger partial charge in [0.1, 0.15) is 5.69 Å². The number of nitrogens with zero attached hydrogens (tertiary/aromatic N) is 2. The molecule has 1 aliphatic carbocycles. The molecule has 0 unspecified atom stereocenters. The van der Waals surface area contributed by atoms with Crippen molar-refractivity contribution in [3.63, 3.8) is 0 Å². The fourth-order valence-corrected chi connectivity index (χ4v) is 3.00. The van der Waals surface area contributed by atoms with Crippen molar-refractivity contribution in [2.24, 2.45) is 13.0 Å². The predicted molar refractivity (Wildman–Crippen MR) is 74.7 cm³/mol. The minimum absolute atomic E-state index is 0.0000463. The first-order chi connectivity index (χ1) is 8.52. The molecular weight excluding hydrogens is 226 g/mol. The highest BCUT2D eigenvalue weighted by atomic mass is 16.1. The van der Waals surface area contributed by atoms with Crippen LogP contribution >= 0.6 is 0 Å². The van der Waals surface area contributed by atoms with Gasteiger partial charge in [-0.3, -0.25) is 9.48 Å².